The fourth-order valence-corrected chi connectivity index (χ4v) is 3.31. The van der Waals surface area contributed by atoms with Crippen LogP contribution in [0.1, 0.15) is 5.56 Å². The summed E-state index contributed by atoms with van der Waals surface area (Å²) in [6, 6.07) is 24.5. The number of hydrogen-bond acceptors (Lipinski definition) is 4. The van der Waals surface area contributed by atoms with Crippen molar-refractivity contribution in [2.45, 2.75) is 12.1 Å². The lowest BCUT2D eigenvalue weighted by Crippen LogP contribution is -2.66. The number of nitro benzene ring substituents is 1. The smallest absolute Gasteiger partial charge is 0.292 e. The average molecular weight is 386 g/mol. The highest BCUT2D eigenvalue weighted by molar-refractivity contribution is 6.07. The van der Waals surface area contributed by atoms with Gasteiger partial charge in [-0.3, -0.25) is 19.8 Å². The summed E-state index contributed by atoms with van der Waals surface area (Å²) in [5.41, 5.74) is 1.11. The molecule has 1 amide bonds. The summed E-state index contributed by atoms with van der Waals surface area (Å²) in [6.07, 6.45) is 2.98. The van der Waals surface area contributed by atoms with E-state index < -0.39 is 17.1 Å². The van der Waals surface area contributed by atoms with Crippen LogP contribution in [0.5, 0.6) is 5.75 Å². The Labute approximate surface area is 167 Å². The largest absolute Gasteiger partial charge is 0.478 e. The molecule has 0 saturated carbocycles. The van der Waals surface area contributed by atoms with E-state index in [1.54, 1.807) is 30.3 Å². The van der Waals surface area contributed by atoms with E-state index in [4.69, 9.17) is 4.74 Å². The molecule has 0 N–H and O–H groups in total. The molecule has 1 fully saturated rings. The molecular weight excluding hydrogens is 368 g/mol. The predicted octanol–water partition coefficient (Wildman–Crippen LogP) is 4.47. The van der Waals surface area contributed by atoms with Gasteiger partial charge in [0.2, 0.25) is 6.10 Å². The van der Waals surface area contributed by atoms with Crippen LogP contribution in [0, 0.1) is 10.1 Å². The van der Waals surface area contributed by atoms with Crippen LogP contribution in [-0.2, 0) is 4.79 Å². The van der Waals surface area contributed by atoms with E-state index in [0.29, 0.717) is 5.75 Å². The van der Waals surface area contributed by atoms with Crippen molar-refractivity contribution in [3.8, 4) is 5.75 Å². The first kappa shape index (κ1) is 18.4. The first-order valence-electron chi connectivity index (χ1n) is 9.16. The number of β-lactam (4-membered cyclic amide) rings is 1. The third kappa shape index (κ3) is 3.73. The number of nitro groups is 1. The van der Waals surface area contributed by atoms with Gasteiger partial charge in [-0.25, -0.2) is 0 Å². The zero-order valence-corrected chi connectivity index (χ0v) is 15.4. The molecule has 0 radical (unpaired) electrons. The summed E-state index contributed by atoms with van der Waals surface area (Å²) in [5.74, 6) is 0.261. The van der Waals surface area contributed by atoms with Crippen LogP contribution < -0.4 is 9.64 Å². The molecule has 144 valence electrons. The quantitative estimate of drug-likeness (QED) is 0.356. The Balaban J connectivity index is 1.68. The topological polar surface area (TPSA) is 72.7 Å². The van der Waals surface area contributed by atoms with Gasteiger partial charge in [0.1, 0.15) is 17.5 Å². The van der Waals surface area contributed by atoms with Crippen molar-refractivity contribution < 1.29 is 14.5 Å². The van der Waals surface area contributed by atoms with E-state index in [-0.39, 0.29) is 17.3 Å². The fourth-order valence-electron chi connectivity index (χ4n) is 3.31. The minimum Gasteiger partial charge on any atom is -0.478 e. The van der Waals surface area contributed by atoms with Gasteiger partial charge in [-0.2, -0.15) is 0 Å². The molecule has 3 aromatic carbocycles. The van der Waals surface area contributed by atoms with Crippen molar-refractivity contribution in [1.29, 1.82) is 0 Å². The molecule has 0 aromatic heterocycles. The molecule has 6 nitrogen and oxygen atoms in total. The summed E-state index contributed by atoms with van der Waals surface area (Å²) in [7, 11) is 0. The van der Waals surface area contributed by atoms with E-state index in [1.807, 2.05) is 60.7 Å². The van der Waals surface area contributed by atoms with Crippen LogP contribution >= 0.6 is 0 Å². The van der Waals surface area contributed by atoms with Gasteiger partial charge in [0.05, 0.1) is 4.92 Å². The van der Waals surface area contributed by atoms with E-state index in [0.717, 1.165) is 5.56 Å². The Kier molecular flexibility index (Phi) is 5.07. The molecule has 3 aromatic rings. The molecule has 0 aliphatic carbocycles. The maximum absolute atomic E-state index is 12.9. The Morgan fingerprint density at radius 2 is 1.52 bits per heavy atom. The van der Waals surface area contributed by atoms with Crippen LogP contribution in [0.4, 0.5) is 11.4 Å². The molecule has 2 atom stereocenters. The number of rotatable bonds is 6. The lowest BCUT2D eigenvalue weighted by Gasteiger charge is -2.44. The molecule has 0 unspecified atom stereocenters. The Morgan fingerprint density at radius 3 is 2.21 bits per heavy atom. The van der Waals surface area contributed by atoms with Crippen molar-refractivity contribution >= 4 is 23.4 Å². The molecular formula is C23H18N2O4. The number of hydrogen-bond donors (Lipinski definition) is 0. The molecule has 1 aliphatic rings. The average Bonchev–Trinajstić information content (AvgIpc) is 2.76. The van der Waals surface area contributed by atoms with Crippen molar-refractivity contribution in [2.75, 3.05) is 4.90 Å². The number of nitrogens with zero attached hydrogens (tertiary/aromatic N) is 2. The summed E-state index contributed by atoms with van der Waals surface area (Å²) in [4.78, 5) is 25.3. The van der Waals surface area contributed by atoms with Crippen LogP contribution in [-0.4, -0.2) is 23.0 Å². The van der Waals surface area contributed by atoms with E-state index in [9.17, 15) is 14.9 Å². The zero-order chi connectivity index (χ0) is 20.2. The number of para-hydroxylation sites is 3. The first-order valence-corrected chi connectivity index (χ1v) is 9.16. The second-order valence-corrected chi connectivity index (χ2v) is 6.57. The van der Waals surface area contributed by atoms with E-state index in [1.165, 1.54) is 11.0 Å². The number of anilines is 1. The number of carbonyl (C=O) groups is 1. The standard InChI is InChI=1S/C23H18N2O4/c26-23-22(29-18-11-5-2-6-12-18)21(16-15-17-9-3-1-4-10-17)24(23)19-13-7-8-14-20(19)25(27)28/h1-16,21-22H/b16-15+/t21-,22-/m0/s1. The molecule has 0 bridgehead atoms. The first-order chi connectivity index (χ1) is 14.1. The SMILES string of the molecule is O=C1[C@@H](Oc2ccccc2)[C@H](/C=C/c2ccccc2)N1c1ccccc1[N+](=O)[O-]. The van der Waals surface area contributed by atoms with Gasteiger partial charge in [0, 0.05) is 6.07 Å². The van der Waals surface area contributed by atoms with Gasteiger partial charge in [-0.1, -0.05) is 72.8 Å². The molecule has 1 aliphatic heterocycles. The maximum Gasteiger partial charge on any atom is 0.292 e. The summed E-state index contributed by atoms with van der Waals surface area (Å²) >= 11 is 0. The molecule has 0 spiro atoms. The van der Waals surface area contributed by atoms with Crippen molar-refractivity contribution in [1.82, 2.24) is 0 Å². The highest BCUT2D eigenvalue weighted by Gasteiger charge is 2.50. The highest BCUT2D eigenvalue weighted by atomic mass is 16.6. The minimum atomic E-state index is -0.753. The third-order valence-electron chi connectivity index (χ3n) is 4.72. The Hall–Kier alpha value is -3.93. The zero-order valence-electron chi connectivity index (χ0n) is 15.4. The number of benzene rings is 3. The van der Waals surface area contributed by atoms with Crippen LogP contribution in [0.2, 0.25) is 0 Å². The number of amides is 1. The summed E-state index contributed by atoms with van der Waals surface area (Å²) in [5, 5.41) is 11.4. The second-order valence-electron chi connectivity index (χ2n) is 6.57. The lowest BCUT2D eigenvalue weighted by molar-refractivity contribution is -0.384. The monoisotopic (exact) mass is 386 g/mol. The summed E-state index contributed by atoms with van der Waals surface area (Å²) in [6.45, 7) is 0. The van der Waals surface area contributed by atoms with Gasteiger partial charge in [0.15, 0.2) is 0 Å². The van der Waals surface area contributed by atoms with Gasteiger partial charge >= 0.3 is 0 Å². The van der Waals surface area contributed by atoms with Crippen LogP contribution in [0.15, 0.2) is 91.0 Å². The van der Waals surface area contributed by atoms with Gasteiger partial charge in [0.25, 0.3) is 11.6 Å². The van der Waals surface area contributed by atoms with E-state index >= 15 is 0 Å². The number of carbonyl (C=O) groups excluding carboxylic acids is 1. The predicted molar refractivity (Wildman–Crippen MR) is 111 cm³/mol. The molecule has 29 heavy (non-hydrogen) atoms. The van der Waals surface area contributed by atoms with Crippen molar-refractivity contribution in [3.63, 3.8) is 0 Å². The van der Waals surface area contributed by atoms with Gasteiger partial charge in [-0.05, 0) is 23.8 Å². The van der Waals surface area contributed by atoms with Crippen molar-refractivity contribution in [2.24, 2.45) is 0 Å². The van der Waals surface area contributed by atoms with Gasteiger partial charge < -0.3 is 4.74 Å². The number of ether oxygens (including phenoxy) is 1. The molecule has 1 heterocycles. The lowest BCUT2D eigenvalue weighted by atomic mass is 9.94. The van der Waals surface area contributed by atoms with Crippen molar-refractivity contribution in [3.05, 3.63) is 107 Å². The Bertz CT molecular complexity index is 1050. The molecule has 4 rings (SSSR count). The van der Waals surface area contributed by atoms with Crippen LogP contribution in [0.25, 0.3) is 6.08 Å². The van der Waals surface area contributed by atoms with E-state index in [2.05, 4.69) is 0 Å². The third-order valence-corrected chi connectivity index (χ3v) is 4.72. The molecule has 1 saturated heterocycles. The maximum atomic E-state index is 12.9. The van der Waals surface area contributed by atoms with Crippen LogP contribution in [0.3, 0.4) is 0 Å². The Morgan fingerprint density at radius 1 is 0.897 bits per heavy atom. The summed E-state index contributed by atoms with van der Waals surface area (Å²) < 4.78 is 5.90. The van der Waals surface area contributed by atoms with Gasteiger partial charge in [-0.15, -0.1) is 0 Å². The highest BCUT2D eigenvalue weighted by Crippen LogP contribution is 2.37. The second kappa shape index (κ2) is 7.98. The normalized spacial score (nSPS) is 18.5. The fraction of sp³-hybridized carbons (Fsp3) is 0.0870. The minimum absolute atomic E-state index is 0.114. The molecule has 6 heteroatoms.